The third-order valence-corrected chi connectivity index (χ3v) is 19.5. The van der Waals surface area contributed by atoms with Crippen molar-refractivity contribution in [3.05, 3.63) is 20.8 Å². The molecule has 1 aromatic carbocycles. The van der Waals surface area contributed by atoms with Crippen LogP contribution < -0.4 is 9.16 Å². The molecule has 3 heterocycles. The molecule has 4 fully saturated rings. The molecule has 3 aliphatic heterocycles. The summed E-state index contributed by atoms with van der Waals surface area (Å²) in [6.07, 6.45) is 5.79. The van der Waals surface area contributed by atoms with Crippen molar-refractivity contribution < 1.29 is 28.2 Å². The van der Waals surface area contributed by atoms with Crippen molar-refractivity contribution in [2.75, 3.05) is 33.4 Å². The van der Waals surface area contributed by atoms with E-state index in [2.05, 4.69) is 77.2 Å². The summed E-state index contributed by atoms with van der Waals surface area (Å²) in [5.74, 6) is 2.78. The molecular weight excluding hydrogens is 645 g/mol. The number of aliphatic hydroxyl groups is 1. The second-order valence-electron chi connectivity index (χ2n) is 15.5. The summed E-state index contributed by atoms with van der Waals surface area (Å²) >= 11 is 2.57. The van der Waals surface area contributed by atoms with Crippen LogP contribution in [0.3, 0.4) is 0 Å². The van der Waals surface area contributed by atoms with Crippen LogP contribution in [0.15, 0.2) is 6.07 Å². The van der Waals surface area contributed by atoms with Crippen molar-refractivity contribution in [3.8, 4) is 11.5 Å². The number of piperidine rings is 1. The third-order valence-electron chi connectivity index (χ3n) is 12.6. The van der Waals surface area contributed by atoms with Crippen LogP contribution in [0.4, 0.5) is 0 Å². The number of ether oxygens (including phenoxy) is 3. The van der Waals surface area contributed by atoms with Gasteiger partial charge in [0.05, 0.1) is 38.8 Å². The van der Waals surface area contributed by atoms with Gasteiger partial charge in [0.15, 0.2) is 12.0 Å². The Balaban J connectivity index is 1.42. The average Bonchev–Trinajstić information content (AvgIpc) is 3.39. The number of hydrogen-bond acceptors (Lipinski definition) is 5. The Hall–Kier alpha value is -0.393. The van der Waals surface area contributed by atoms with E-state index < -0.39 is 19.3 Å². The first kappa shape index (κ1) is 29.3. The molecule has 0 radical (unpaired) electrons. The molecule has 0 amide bonds. The Morgan fingerprint density at radius 2 is 1.71 bits per heavy atom. The van der Waals surface area contributed by atoms with Gasteiger partial charge in [-0.1, -0.05) is 41.5 Å². The highest BCUT2D eigenvalue weighted by Crippen LogP contribution is 2.69. The summed E-state index contributed by atoms with van der Waals surface area (Å²) in [6, 6.07) is 2.48. The summed E-state index contributed by atoms with van der Waals surface area (Å²) < 4.78 is 29.3. The van der Waals surface area contributed by atoms with Crippen LogP contribution in [-0.2, 0) is 21.3 Å². The van der Waals surface area contributed by atoms with Crippen LogP contribution in [-0.4, -0.2) is 75.3 Å². The minimum atomic E-state index is -2.23. The van der Waals surface area contributed by atoms with Crippen LogP contribution in [0, 0.1) is 15.4 Å². The van der Waals surface area contributed by atoms with E-state index >= 15 is 0 Å². The molecule has 7 rings (SSSR count). The van der Waals surface area contributed by atoms with Gasteiger partial charge in [0.25, 0.3) is 8.32 Å². The fraction of sp³-hybridized carbons (Fsp3) is 0.818. The van der Waals surface area contributed by atoms with E-state index in [0.29, 0.717) is 29.8 Å². The van der Waals surface area contributed by atoms with Crippen LogP contribution >= 0.6 is 22.6 Å². The molecule has 8 heteroatoms. The predicted octanol–water partition coefficient (Wildman–Crippen LogP) is 6.54. The molecule has 3 unspecified atom stereocenters. The number of hydrogen-bond donors (Lipinski definition) is 1. The highest BCUT2D eigenvalue weighted by atomic mass is 127. The maximum atomic E-state index is 13.2. The third kappa shape index (κ3) is 3.92. The molecular formula is C33H51INO5Si+. The smallest absolute Gasteiger partial charge is 0.258 e. The lowest BCUT2D eigenvalue weighted by atomic mass is 9.47. The monoisotopic (exact) mass is 696 g/mol. The lowest BCUT2D eigenvalue weighted by Gasteiger charge is -2.66. The van der Waals surface area contributed by atoms with Gasteiger partial charge in [-0.2, -0.15) is 0 Å². The molecule has 2 saturated carbocycles. The molecule has 228 valence electrons. The second-order valence-corrected chi connectivity index (χ2v) is 22.0. The van der Waals surface area contributed by atoms with Crippen LogP contribution in [0.1, 0.15) is 84.8 Å². The maximum Gasteiger partial charge on any atom is 0.258 e. The van der Waals surface area contributed by atoms with Crippen molar-refractivity contribution in [1.82, 2.24) is 0 Å². The van der Waals surface area contributed by atoms with Gasteiger partial charge in [0.1, 0.15) is 23.5 Å². The van der Waals surface area contributed by atoms with Gasteiger partial charge in [0.2, 0.25) is 0 Å². The van der Waals surface area contributed by atoms with Gasteiger partial charge in [-0.05, 0) is 76.5 Å². The topological polar surface area (TPSA) is 57.2 Å². The lowest BCUT2D eigenvalue weighted by Crippen LogP contribution is -2.81. The summed E-state index contributed by atoms with van der Waals surface area (Å²) in [5.41, 5.74) is 2.83. The van der Waals surface area contributed by atoms with Crippen molar-refractivity contribution in [3.63, 3.8) is 0 Å². The zero-order valence-electron chi connectivity index (χ0n) is 26.2. The minimum absolute atomic E-state index is 0.102. The normalized spacial score (nSPS) is 38.1. The number of quaternary nitrogens is 1. The number of likely N-dealkylation sites (tertiary alicyclic amines) is 1. The van der Waals surface area contributed by atoms with Gasteiger partial charge in [-0.3, -0.25) is 0 Å². The number of nitrogens with zero attached hydrogens (tertiary/aromatic N) is 1. The van der Waals surface area contributed by atoms with Gasteiger partial charge < -0.3 is 28.2 Å². The van der Waals surface area contributed by atoms with Crippen molar-refractivity contribution in [2.24, 2.45) is 11.8 Å². The lowest BCUT2D eigenvalue weighted by molar-refractivity contribution is -0.950. The Kier molecular flexibility index (Phi) is 7.01. The number of rotatable bonds is 8. The Morgan fingerprint density at radius 1 is 1.05 bits per heavy atom. The fourth-order valence-corrected chi connectivity index (χ4v) is 16.8. The van der Waals surface area contributed by atoms with Crippen LogP contribution in [0.2, 0.25) is 16.6 Å². The van der Waals surface area contributed by atoms with E-state index in [1.54, 1.807) is 0 Å². The molecule has 1 aromatic rings. The molecule has 6 atom stereocenters. The Morgan fingerprint density at radius 3 is 2.32 bits per heavy atom. The summed E-state index contributed by atoms with van der Waals surface area (Å²) in [5, 5.41) is 13.2. The van der Waals surface area contributed by atoms with Gasteiger partial charge in [-0.15, -0.1) is 0 Å². The zero-order valence-corrected chi connectivity index (χ0v) is 29.3. The van der Waals surface area contributed by atoms with Crippen molar-refractivity contribution >= 4 is 30.9 Å². The minimum Gasteiger partial charge on any atom is -0.540 e. The summed E-state index contributed by atoms with van der Waals surface area (Å²) in [7, 11) is 0.215. The van der Waals surface area contributed by atoms with E-state index in [4.69, 9.17) is 18.6 Å². The molecule has 1 spiro atoms. The van der Waals surface area contributed by atoms with E-state index in [9.17, 15) is 5.11 Å². The molecule has 2 saturated heterocycles. The second kappa shape index (κ2) is 9.80. The fourth-order valence-electron chi connectivity index (χ4n) is 10.7. The quantitative estimate of drug-likeness (QED) is 0.190. The summed E-state index contributed by atoms with van der Waals surface area (Å²) in [6.45, 7) is 17.7. The summed E-state index contributed by atoms with van der Waals surface area (Å²) in [4.78, 5) is 0. The molecule has 2 bridgehead atoms. The first-order valence-corrected chi connectivity index (χ1v) is 19.6. The molecule has 0 aromatic heterocycles. The Labute approximate surface area is 261 Å². The number of likely N-dealkylation sites (N-methyl/N-ethyl adjacent to an activating group) is 1. The molecule has 6 nitrogen and oxygen atoms in total. The largest absolute Gasteiger partial charge is 0.540 e. The van der Waals surface area contributed by atoms with Crippen molar-refractivity contribution in [1.29, 1.82) is 0 Å². The zero-order chi connectivity index (χ0) is 29.1. The molecule has 6 aliphatic rings. The van der Waals surface area contributed by atoms with Crippen molar-refractivity contribution in [2.45, 2.75) is 126 Å². The van der Waals surface area contributed by atoms with Gasteiger partial charge in [0, 0.05) is 33.8 Å². The first-order valence-electron chi connectivity index (χ1n) is 16.4. The van der Waals surface area contributed by atoms with Crippen LogP contribution in [0.25, 0.3) is 0 Å². The van der Waals surface area contributed by atoms with E-state index in [0.717, 1.165) is 54.1 Å². The van der Waals surface area contributed by atoms with E-state index in [1.165, 1.54) is 34.1 Å². The molecule has 3 aliphatic carbocycles. The van der Waals surface area contributed by atoms with E-state index in [-0.39, 0.29) is 24.4 Å². The predicted molar refractivity (Wildman–Crippen MR) is 171 cm³/mol. The maximum absolute atomic E-state index is 13.2. The van der Waals surface area contributed by atoms with Gasteiger partial charge >= 0.3 is 0 Å². The van der Waals surface area contributed by atoms with Gasteiger partial charge in [-0.25, -0.2) is 0 Å². The number of benzene rings is 1. The number of halogens is 1. The van der Waals surface area contributed by atoms with Crippen LogP contribution in [0.5, 0.6) is 11.5 Å². The standard InChI is InChI=1S/C33H51INO5Si/c1-19(2)41(20(3)4,21(5)6)40-26-17-25(34)24-16-27-33(36)11-10-23(31-37-14-15-38-31)30-32(33,28(24)29(26)39-30)12-13-35(27,7)18-22-8-9-22/h17,19-23,27,30-31,36H,8-16,18H2,1-7H3/q+1/t23?,27-,30+,32+,33?,35?/m1/s1. The highest BCUT2D eigenvalue weighted by molar-refractivity contribution is 14.1. The first-order chi connectivity index (χ1) is 19.4. The molecule has 1 N–H and O–H groups in total. The average molecular weight is 697 g/mol. The Bertz CT molecular complexity index is 1190. The molecule has 41 heavy (non-hydrogen) atoms. The van der Waals surface area contributed by atoms with E-state index in [1.807, 2.05) is 0 Å². The highest BCUT2D eigenvalue weighted by Gasteiger charge is 2.77. The SMILES string of the molecule is CC(C)[Si](Oc1cc(I)c2c3c1O[C@H]1C(C4OCCO4)CCC4(O)[C@@H](C2)[N+](C)(CC2CC2)CC[C@]314)(C(C)C)C(C)C.